The van der Waals surface area contributed by atoms with Crippen LogP contribution in [0.1, 0.15) is 50.2 Å². The van der Waals surface area contributed by atoms with Crippen LogP contribution in [-0.4, -0.2) is 23.5 Å². The fraction of sp³-hybridized carbons (Fsp3) is 0.647. The Hall–Kier alpha value is -0.380. The van der Waals surface area contributed by atoms with Gasteiger partial charge in [-0.15, -0.1) is 0 Å². The van der Waals surface area contributed by atoms with E-state index in [0.717, 1.165) is 12.6 Å². The second-order valence-electron chi connectivity index (χ2n) is 6.12. The van der Waals surface area contributed by atoms with Crippen LogP contribution in [0.5, 0.6) is 0 Å². The summed E-state index contributed by atoms with van der Waals surface area (Å²) < 4.78 is 1.22. The zero-order chi connectivity index (χ0) is 14.5. The topological polar surface area (TPSA) is 29.3 Å². The van der Waals surface area contributed by atoms with Crippen LogP contribution < -0.4 is 5.73 Å². The van der Waals surface area contributed by atoms with E-state index in [-0.39, 0.29) is 0 Å². The molecule has 112 valence electrons. The summed E-state index contributed by atoms with van der Waals surface area (Å²) >= 11 is 3.64. The van der Waals surface area contributed by atoms with Crippen molar-refractivity contribution in [2.75, 3.05) is 6.54 Å². The first kappa shape index (κ1) is 16.0. The summed E-state index contributed by atoms with van der Waals surface area (Å²) in [5, 5.41) is 0. The highest BCUT2D eigenvalue weighted by atomic mass is 79.9. The van der Waals surface area contributed by atoms with Crippen molar-refractivity contribution in [3.8, 4) is 0 Å². The Morgan fingerprint density at radius 2 is 1.95 bits per heavy atom. The highest BCUT2D eigenvalue weighted by Crippen LogP contribution is 2.25. The van der Waals surface area contributed by atoms with E-state index in [4.69, 9.17) is 5.73 Å². The molecule has 0 atom stereocenters. The molecule has 0 radical (unpaired) electrons. The number of nitrogens with zero attached hydrogens (tertiary/aromatic N) is 1. The Morgan fingerprint density at radius 1 is 1.25 bits per heavy atom. The van der Waals surface area contributed by atoms with Crippen molar-refractivity contribution in [3.63, 3.8) is 0 Å². The molecule has 2 N–H and O–H groups in total. The van der Waals surface area contributed by atoms with E-state index in [1.165, 1.54) is 54.2 Å². The summed E-state index contributed by atoms with van der Waals surface area (Å²) in [6.45, 7) is 6.66. The van der Waals surface area contributed by atoms with Gasteiger partial charge in [0.2, 0.25) is 0 Å². The number of halogens is 1. The first-order valence-corrected chi connectivity index (χ1v) is 8.64. The van der Waals surface area contributed by atoms with Crippen molar-refractivity contribution >= 4 is 15.9 Å². The van der Waals surface area contributed by atoms with Crippen LogP contribution >= 0.6 is 15.9 Å². The molecule has 2 rings (SSSR count). The molecule has 1 fully saturated rings. The Bertz CT molecular complexity index is 425. The largest absolute Gasteiger partial charge is 0.328 e. The second-order valence-corrected chi connectivity index (χ2v) is 6.98. The third-order valence-corrected chi connectivity index (χ3v) is 5.24. The second kappa shape index (κ2) is 7.58. The first-order chi connectivity index (χ1) is 9.60. The molecule has 0 aromatic heterocycles. The number of aryl methyl sites for hydroxylation is 1. The number of rotatable bonds is 5. The van der Waals surface area contributed by atoms with Gasteiger partial charge in [-0.3, -0.25) is 4.90 Å². The summed E-state index contributed by atoms with van der Waals surface area (Å²) in [4.78, 5) is 2.66. The molecule has 1 saturated carbocycles. The molecule has 0 unspecified atom stereocenters. The van der Waals surface area contributed by atoms with E-state index in [1.807, 2.05) is 0 Å². The van der Waals surface area contributed by atoms with Gasteiger partial charge in [0, 0.05) is 23.1 Å². The molecule has 1 aromatic carbocycles. The average Bonchev–Trinajstić information content (AvgIpc) is 2.43. The Balaban J connectivity index is 2.02. The molecule has 0 heterocycles. The lowest BCUT2D eigenvalue weighted by Crippen LogP contribution is -2.40. The van der Waals surface area contributed by atoms with Gasteiger partial charge >= 0.3 is 0 Å². The summed E-state index contributed by atoms with van der Waals surface area (Å²) in [6, 6.07) is 7.89. The molecule has 0 saturated heterocycles. The van der Waals surface area contributed by atoms with Crippen molar-refractivity contribution in [1.82, 2.24) is 4.90 Å². The van der Waals surface area contributed by atoms with Crippen LogP contribution in [-0.2, 0) is 6.54 Å². The molecule has 0 spiro atoms. The van der Waals surface area contributed by atoms with E-state index in [1.54, 1.807) is 0 Å². The lowest BCUT2D eigenvalue weighted by atomic mass is 9.90. The van der Waals surface area contributed by atoms with Crippen LogP contribution in [0.4, 0.5) is 0 Å². The van der Waals surface area contributed by atoms with Crippen LogP contribution in [0.25, 0.3) is 0 Å². The first-order valence-electron chi connectivity index (χ1n) is 7.84. The monoisotopic (exact) mass is 338 g/mol. The van der Waals surface area contributed by atoms with Gasteiger partial charge in [0.25, 0.3) is 0 Å². The normalized spacial score (nSPS) is 23.2. The minimum absolute atomic E-state index is 0.434. The molecule has 3 heteroatoms. The van der Waals surface area contributed by atoms with Gasteiger partial charge in [-0.1, -0.05) is 35.0 Å². The summed E-state index contributed by atoms with van der Waals surface area (Å²) in [7, 11) is 0. The maximum atomic E-state index is 6.04. The van der Waals surface area contributed by atoms with Crippen molar-refractivity contribution < 1.29 is 0 Å². The zero-order valence-electron chi connectivity index (χ0n) is 12.7. The maximum Gasteiger partial charge on any atom is 0.0237 e. The van der Waals surface area contributed by atoms with Gasteiger partial charge in [-0.2, -0.15) is 0 Å². The molecule has 1 aromatic rings. The minimum atomic E-state index is 0.434. The molecule has 1 aliphatic carbocycles. The van der Waals surface area contributed by atoms with Gasteiger partial charge in [0.05, 0.1) is 0 Å². The molecular weight excluding hydrogens is 312 g/mol. The van der Waals surface area contributed by atoms with Crippen molar-refractivity contribution in [1.29, 1.82) is 0 Å². The van der Waals surface area contributed by atoms with Gasteiger partial charge < -0.3 is 5.73 Å². The van der Waals surface area contributed by atoms with Gasteiger partial charge in [0.15, 0.2) is 0 Å². The number of benzene rings is 1. The standard InChI is InChI=1S/C17H27BrN2/c1-3-10-20(16-8-6-15(19)7-9-16)12-14-5-4-13(2)17(18)11-14/h4-5,11,15-16H,3,6-10,12,19H2,1-2H3. The van der Waals surface area contributed by atoms with Crippen molar-refractivity contribution in [2.24, 2.45) is 5.73 Å². The van der Waals surface area contributed by atoms with E-state index in [9.17, 15) is 0 Å². The number of nitrogens with two attached hydrogens (primary N) is 1. The highest BCUT2D eigenvalue weighted by molar-refractivity contribution is 9.10. The fourth-order valence-corrected chi connectivity index (χ4v) is 3.54. The third kappa shape index (κ3) is 4.31. The van der Waals surface area contributed by atoms with E-state index in [2.05, 4.69) is 52.9 Å². The zero-order valence-corrected chi connectivity index (χ0v) is 14.3. The summed E-state index contributed by atoms with van der Waals surface area (Å²) in [5.41, 5.74) is 8.75. The smallest absolute Gasteiger partial charge is 0.0237 e. The summed E-state index contributed by atoms with van der Waals surface area (Å²) in [5.74, 6) is 0. The van der Waals surface area contributed by atoms with Crippen LogP contribution in [0, 0.1) is 6.92 Å². The Labute approximate surface area is 131 Å². The molecule has 0 amide bonds. The lowest BCUT2D eigenvalue weighted by Gasteiger charge is -2.36. The van der Waals surface area contributed by atoms with Crippen molar-refractivity contribution in [3.05, 3.63) is 33.8 Å². The average molecular weight is 339 g/mol. The quantitative estimate of drug-likeness (QED) is 0.869. The fourth-order valence-electron chi connectivity index (χ4n) is 3.11. The predicted molar refractivity (Wildman–Crippen MR) is 89.8 cm³/mol. The van der Waals surface area contributed by atoms with E-state index in [0.29, 0.717) is 6.04 Å². The number of hydrogen-bond acceptors (Lipinski definition) is 2. The molecule has 2 nitrogen and oxygen atoms in total. The summed E-state index contributed by atoms with van der Waals surface area (Å²) in [6.07, 6.45) is 6.10. The van der Waals surface area contributed by atoms with E-state index >= 15 is 0 Å². The highest BCUT2D eigenvalue weighted by Gasteiger charge is 2.23. The lowest BCUT2D eigenvalue weighted by molar-refractivity contribution is 0.142. The predicted octanol–water partition coefficient (Wildman–Crippen LogP) is 4.24. The third-order valence-electron chi connectivity index (χ3n) is 4.39. The van der Waals surface area contributed by atoms with Crippen LogP contribution in [0.2, 0.25) is 0 Å². The molecule has 20 heavy (non-hydrogen) atoms. The van der Waals surface area contributed by atoms with Crippen LogP contribution in [0.15, 0.2) is 22.7 Å². The molecule has 0 bridgehead atoms. The number of hydrogen-bond donors (Lipinski definition) is 1. The molecule has 0 aliphatic heterocycles. The van der Waals surface area contributed by atoms with Gasteiger partial charge in [0.1, 0.15) is 0 Å². The SMILES string of the molecule is CCCN(Cc1ccc(C)c(Br)c1)C1CCC(N)CC1. The molecule has 1 aliphatic rings. The minimum Gasteiger partial charge on any atom is -0.328 e. The Kier molecular flexibility index (Phi) is 6.06. The van der Waals surface area contributed by atoms with Crippen LogP contribution in [0.3, 0.4) is 0 Å². The Morgan fingerprint density at radius 3 is 2.55 bits per heavy atom. The van der Waals surface area contributed by atoms with Gasteiger partial charge in [-0.25, -0.2) is 0 Å². The van der Waals surface area contributed by atoms with E-state index < -0.39 is 0 Å². The van der Waals surface area contributed by atoms with Gasteiger partial charge in [-0.05, 0) is 62.8 Å². The molecular formula is C17H27BrN2. The van der Waals surface area contributed by atoms with Crippen molar-refractivity contribution in [2.45, 2.75) is 64.6 Å². The maximum absolute atomic E-state index is 6.04.